The van der Waals surface area contributed by atoms with Crippen LogP contribution in [-0.4, -0.2) is 28.0 Å². The van der Waals surface area contributed by atoms with Gasteiger partial charge >= 0.3 is 0 Å². The Labute approximate surface area is 301 Å². The van der Waals surface area contributed by atoms with Crippen LogP contribution in [0.1, 0.15) is 29.3 Å². The Morgan fingerprint density at radius 3 is 2.42 bits per heavy atom. The number of rotatable bonds is 11. The molecule has 3 amide bonds. The van der Waals surface area contributed by atoms with Gasteiger partial charge in [0.1, 0.15) is 11.5 Å². The van der Waals surface area contributed by atoms with E-state index >= 15 is 0 Å². The van der Waals surface area contributed by atoms with Gasteiger partial charge in [0.2, 0.25) is 5.91 Å². The molecule has 1 atom stereocenters. The summed E-state index contributed by atoms with van der Waals surface area (Å²) in [4.78, 5) is 45.3. The molecule has 1 aromatic heterocycles. The Balaban J connectivity index is 1.15. The number of thioether (sulfide) groups is 1. The number of hydrogen-bond donors (Lipinski definition) is 3. The number of carbonyl (C=O) groups is 3. The molecule has 6 rings (SSSR count). The molecule has 5 aromatic carbocycles. The largest absolute Gasteiger partial charge is 0.321 e. The summed E-state index contributed by atoms with van der Waals surface area (Å²) < 4.78 is 14.7. The summed E-state index contributed by atoms with van der Waals surface area (Å²) in [6, 6.07) is 33.8. The molecule has 7 nitrogen and oxygen atoms in total. The first-order valence-electron chi connectivity index (χ1n) is 15.6. The van der Waals surface area contributed by atoms with Crippen molar-refractivity contribution in [1.29, 1.82) is 0 Å². The number of benzene rings is 5. The summed E-state index contributed by atoms with van der Waals surface area (Å²) in [5.74, 6) is -2.08. The molecule has 0 bridgehead atoms. The molecular formula is C39H30ClFN4O3S2. The van der Waals surface area contributed by atoms with Crippen molar-refractivity contribution in [2.75, 3.05) is 10.6 Å². The summed E-state index contributed by atoms with van der Waals surface area (Å²) in [6.07, 6.45) is 1.74. The van der Waals surface area contributed by atoms with E-state index in [9.17, 15) is 18.8 Å². The van der Waals surface area contributed by atoms with Gasteiger partial charge in [-0.3, -0.25) is 14.4 Å². The number of hydrogen-bond acceptors (Lipinski definition) is 6. The highest BCUT2D eigenvalue weighted by molar-refractivity contribution is 8.00. The number of halogens is 2. The molecule has 0 saturated carbocycles. The lowest BCUT2D eigenvalue weighted by molar-refractivity contribution is -0.116. The highest BCUT2D eigenvalue weighted by atomic mass is 35.5. The quantitative estimate of drug-likeness (QED) is 0.0915. The van der Waals surface area contributed by atoms with Crippen molar-refractivity contribution in [3.63, 3.8) is 0 Å². The van der Waals surface area contributed by atoms with Crippen molar-refractivity contribution < 1.29 is 18.8 Å². The second-order valence-electron chi connectivity index (χ2n) is 11.1. The molecule has 3 N–H and O–H groups in total. The maximum absolute atomic E-state index is 14.7. The highest BCUT2D eigenvalue weighted by Gasteiger charge is 2.21. The number of aromatic nitrogens is 1. The van der Waals surface area contributed by atoms with Crippen molar-refractivity contribution in [3.8, 4) is 11.3 Å². The van der Waals surface area contributed by atoms with E-state index in [0.717, 1.165) is 26.9 Å². The minimum absolute atomic E-state index is 0.0431. The van der Waals surface area contributed by atoms with Gasteiger partial charge < -0.3 is 16.0 Å². The number of anilines is 2. The van der Waals surface area contributed by atoms with E-state index in [1.165, 1.54) is 47.4 Å². The summed E-state index contributed by atoms with van der Waals surface area (Å²) in [5, 5.41) is 12.6. The van der Waals surface area contributed by atoms with Crippen LogP contribution in [0.25, 0.3) is 28.1 Å². The average Bonchev–Trinajstić information content (AvgIpc) is 3.60. The van der Waals surface area contributed by atoms with Crippen molar-refractivity contribution >= 4 is 80.1 Å². The monoisotopic (exact) mass is 720 g/mol. The Hall–Kier alpha value is -5.29. The fourth-order valence-electron chi connectivity index (χ4n) is 5.07. The SMILES string of the molecule is CCC(Sc1cccc(NC(=O)/C(=C\c2c(F)cccc2Cl)NC(=O)c2ccccc2)c1)C(=O)Nc1nc(-c2ccc3ccccc3c2)cs1. The van der Waals surface area contributed by atoms with Crippen molar-refractivity contribution in [1.82, 2.24) is 10.3 Å². The second kappa shape index (κ2) is 15.9. The molecule has 50 heavy (non-hydrogen) atoms. The first kappa shape index (κ1) is 34.6. The number of nitrogens with zero attached hydrogens (tertiary/aromatic N) is 1. The summed E-state index contributed by atoms with van der Waals surface area (Å²) in [7, 11) is 0. The van der Waals surface area contributed by atoms with Gasteiger partial charge in [0.15, 0.2) is 5.13 Å². The van der Waals surface area contributed by atoms with E-state index in [4.69, 9.17) is 11.6 Å². The van der Waals surface area contributed by atoms with Crippen LogP contribution in [0.5, 0.6) is 0 Å². The van der Waals surface area contributed by atoms with E-state index in [1.807, 2.05) is 36.6 Å². The van der Waals surface area contributed by atoms with Crippen LogP contribution >= 0.6 is 34.7 Å². The van der Waals surface area contributed by atoms with Gasteiger partial charge in [-0.25, -0.2) is 9.37 Å². The molecular weight excluding hydrogens is 691 g/mol. The van der Waals surface area contributed by atoms with E-state index in [-0.39, 0.29) is 22.2 Å². The lowest BCUT2D eigenvalue weighted by Gasteiger charge is -2.15. The van der Waals surface area contributed by atoms with Crippen LogP contribution in [0.4, 0.5) is 15.2 Å². The van der Waals surface area contributed by atoms with E-state index < -0.39 is 22.9 Å². The van der Waals surface area contributed by atoms with Crippen LogP contribution in [0.15, 0.2) is 131 Å². The van der Waals surface area contributed by atoms with E-state index in [2.05, 4.69) is 45.2 Å². The van der Waals surface area contributed by atoms with Crippen LogP contribution in [-0.2, 0) is 9.59 Å². The number of thiazole rings is 1. The first-order valence-corrected chi connectivity index (χ1v) is 17.8. The molecule has 0 spiro atoms. The van der Waals surface area contributed by atoms with Gasteiger partial charge in [-0.15, -0.1) is 23.1 Å². The molecule has 250 valence electrons. The van der Waals surface area contributed by atoms with Crippen LogP contribution < -0.4 is 16.0 Å². The van der Waals surface area contributed by atoms with Gasteiger partial charge in [-0.1, -0.05) is 85.3 Å². The summed E-state index contributed by atoms with van der Waals surface area (Å²) in [6.45, 7) is 1.92. The van der Waals surface area contributed by atoms with Crippen molar-refractivity contribution in [2.24, 2.45) is 0 Å². The number of fused-ring (bicyclic) bond motifs is 1. The summed E-state index contributed by atoms with van der Waals surface area (Å²) in [5.41, 5.74) is 2.23. The molecule has 0 aliphatic rings. The lowest BCUT2D eigenvalue weighted by atomic mass is 10.1. The number of carbonyl (C=O) groups excluding carboxylic acids is 3. The molecule has 6 aromatic rings. The van der Waals surface area contributed by atoms with E-state index in [1.54, 1.807) is 48.5 Å². The minimum atomic E-state index is -0.688. The predicted molar refractivity (Wildman–Crippen MR) is 202 cm³/mol. The Bertz CT molecular complexity index is 2200. The van der Waals surface area contributed by atoms with Crippen LogP contribution in [0, 0.1) is 5.82 Å². The molecule has 11 heteroatoms. The van der Waals surface area contributed by atoms with Crippen LogP contribution in [0.2, 0.25) is 5.02 Å². The van der Waals surface area contributed by atoms with Crippen molar-refractivity contribution in [2.45, 2.75) is 23.5 Å². The zero-order valence-corrected chi connectivity index (χ0v) is 29.0. The second-order valence-corrected chi connectivity index (χ2v) is 13.6. The number of amides is 3. The van der Waals surface area contributed by atoms with Gasteiger partial charge in [0.25, 0.3) is 11.8 Å². The standard InChI is InChI=1S/C39H30ClFN4O3S2/c1-2-35(38(48)45-39-44-34(23-49-39)27-19-18-24-10-6-7-13-26(24)20-27)50-29-15-8-14-28(21-29)42-37(47)33(22-30-31(40)16-9-17-32(30)41)43-36(46)25-11-4-3-5-12-25/h3-23,35H,2H2,1H3,(H,42,47)(H,43,46)(H,44,45,48)/b33-22+. The third-order valence-corrected chi connectivity index (χ3v) is 10.1. The highest BCUT2D eigenvalue weighted by Crippen LogP contribution is 2.31. The molecule has 0 radical (unpaired) electrons. The Morgan fingerprint density at radius 2 is 1.64 bits per heavy atom. The first-order chi connectivity index (χ1) is 24.3. The summed E-state index contributed by atoms with van der Waals surface area (Å²) >= 11 is 8.94. The average molecular weight is 721 g/mol. The smallest absolute Gasteiger partial charge is 0.272 e. The lowest BCUT2D eigenvalue weighted by Crippen LogP contribution is -2.30. The minimum Gasteiger partial charge on any atom is -0.321 e. The molecule has 0 aliphatic heterocycles. The van der Waals surface area contributed by atoms with Gasteiger partial charge in [0, 0.05) is 32.7 Å². The van der Waals surface area contributed by atoms with Gasteiger partial charge in [-0.05, 0) is 71.8 Å². The third kappa shape index (κ3) is 8.46. The zero-order valence-electron chi connectivity index (χ0n) is 26.7. The van der Waals surface area contributed by atoms with Gasteiger partial charge in [-0.2, -0.15) is 0 Å². The molecule has 1 heterocycles. The fraction of sp³-hybridized carbons (Fsp3) is 0.0769. The van der Waals surface area contributed by atoms with Crippen LogP contribution in [0.3, 0.4) is 0 Å². The fourth-order valence-corrected chi connectivity index (χ4v) is 7.02. The molecule has 0 fully saturated rings. The van der Waals surface area contributed by atoms with E-state index in [0.29, 0.717) is 22.8 Å². The number of nitrogens with one attached hydrogen (secondary N) is 3. The topological polar surface area (TPSA) is 100 Å². The predicted octanol–water partition coefficient (Wildman–Crippen LogP) is 9.67. The van der Waals surface area contributed by atoms with Gasteiger partial charge in [0.05, 0.1) is 16.0 Å². The maximum atomic E-state index is 14.7. The zero-order chi connectivity index (χ0) is 35.0. The normalized spacial score (nSPS) is 11.9. The Morgan fingerprint density at radius 1 is 0.880 bits per heavy atom. The molecule has 1 unspecified atom stereocenters. The molecule has 0 saturated heterocycles. The maximum Gasteiger partial charge on any atom is 0.272 e. The molecule has 0 aliphatic carbocycles. The third-order valence-electron chi connectivity index (χ3n) is 7.63. The van der Waals surface area contributed by atoms with Crippen molar-refractivity contribution in [3.05, 3.63) is 148 Å². The Kier molecular flexibility index (Phi) is 11.0.